The molecule has 0 fully saturated rings. The van der Waals surface area contributed by atoms with Gasteiger partial charge in [-0.3, -0.25) is 0 Å². The van der Waals surface area contributed by atoms with Gasteiger partial charge in [-0.05, 0) is 73.9 Å². The normalized spacial score (nSPS) is 10.1. The van der Waals surface area contributed by atoms with Gasteiger partial charge in [0.1, 0.15) is 0 Å². The van der Waals surface area contributed by atoms with Crippen molar-refractivity contribution < 1.29 is 9.53 Å². The maximum absolute atomic E-state index is 11.6. The maximum Gasteiger partial charge on any atom is 0.337 e. The monoisotopic (exact) mass is 328 g/mol. The number of ether oxygens (including phenoxy) is 1. The number of benzene rings is 2. The Morgan fingerprint density at radius 1 is 1.00 bits per heavy atom. The molecule has 0 bridgehead atoms. The zero-order valence-corrected chi connectivity index (χ0v) is 14.5. The summed E-state index contributed by atoms with van der Waals surface area (Å²) in [5, 5.41) is 6.77. The fourth-order valence-corrected chi connectivity index (χ4v) is 2.56. The van der Waals surface area contributed by atoms with Crippen LogP contribution in [0.2, 0.25) is 0 Å². The quantitative estimate of drug-likeness (QED) is 0.653. The molecule has 2 rings (SSSR count). The van der Waals surface area contributed by atoms with Crippen LogP contribution in [0.25, 0.3) is 0 Å². The second kappa shape index (κ2) is 7.24. The highest BCUT2D eigenvalue weighted by Crippen LogP contribution is 2.19. The largest absolute Gasteiger partial charge is 0.465 e. The molecule has 0 unspecified atom stereocenters. The van der Waals surface area contributed by atoms with Crippen LogP contribution in [-0.4, -0.2) is 18.2 Å². The average Bonchev–Trinajstić information content (AvgIpc) is 2.47. The summed E-state index contributed by atoms with van der Waals surface area (Å²) in [5.74, 6) is -0.374. The number of esters is 1. The van der Waals surface area contributed by atoms with E-state index in [0.29, 0.717) is 10.7 Å². The Labute approximate surface area is 141 Å². The first-order chi connectivity index (χ1) is 10.9. The number of thiocarbonyl (C=S) groups is 1. The summed E-state index contributed by atoms with van der Waals surface area (Å²) in [7, 11) is 1.36. The minimum Gasteiger partial charge on any atom is -0.465 e. The highest BCUT2D eigenvalue weighted by Gasteiger charge is 2.09. The summed E-state index contributed by atoms with van der Waals surface area (Å²) in [4.78, 5) is 11.6. The maximum atomic E-state index is 11.6. The molecule has 0 saturated carbocycles. The molecule has 2 aromatic carbocycles. The Bertz CT molecular complexity index is 736. The highest BCUT2D eigenvalue weighted by atomic mass is 32.1. The van der Waals surface area contributed by atoms with Crippen molar-refractivity contribution in [3.63, 3.8) is 0 Å². The number of hydrogen-bond donors (Lipinski definition) is 2. The minimum atomic E-state index is -0.374. The lowest BCUT2D eigenvalue weighted by molar-refractivity contribution is 0.0601. The van der Waals surface area contributed by atoms with Crippen LogP contribution in [0.4, 0.5) is 11.4 Å². The lowest BCUT2D eigenvalue weighted by Gasteiger charge is -2.14. The molecule has 0 heterocycles. The van der Waals surface area contributed by atoms with E-state index >= 15 is 0 Å². The molecule has 0 aliphatic heterocycles. The first-order valence-corrected chi connectivity index (χ1v) is 7.65. The van der Waals surface area contributed by atoms with Crippen molar-refractivity contribution in [2.45, 2.75) is 20.8 Å². The van der Waals surface area contributed by atoms with Gasteiger partial charge >= 0.3 is 5.97 Å². The number of aryl methyl sites for hydroxylation is 3. The molecule has 0 saturated heterocycles. The van der Waals surface area contributed by atoms with Crippen molar-refractivity contribution in [3.8, 4) is 0 Å². The van der Waals surface area contributed by atoms with Gasteiger partial charge < -0.3 is 15.4 Å². The fourth-order valence-electron chi connectivity index (χ4n) is 2.33. The predicted molar refractivity (Wildman–Crippen MR) is 98.3 cm³/mol. The third-order valence-electron chi connectivity index (χ3n) is 3.39. The van der Waals surface area contributed by atoms with E-state index in [1.54, 1.807) is 12.1 Å². The van der Waals surface area contributed by atoms with E-state index in [1.807, 2.05) is 39.0 Å². The number of carbonyl (C=O) groups excluding carboxylic acids is 1. The molecule has 0 amide bonds. The first-order valence-electron chi connectivity index (χ1n) is 7.24. The molecule has 0 radical (unpaired) electrons. The molecule has 120 valence electrons. The fraction of sp³-hybridized carbons (Fsp3) is 0.222. The second-order valence-corrected chi connectivity index (χ2v) is 5.89. The standard InChI is InChI=1S/C18H20N2O2S/c1-11-7-12(2)9-15(8-11)19-18(23)20-16-10-14(17(21)22-4)6-5-13(16)3/h5-10H,1-4H3,(H2,19,20,23). The van der Waals surface area contributed by atoms with E-state index in [2.05, 4.69) is 16.7 Å². The molecule has 4 nitrogen and oxygen atoms in total. The van der Waals surface area contributed by atoms with Crippen molar-refractivity contribution >= 4 is 34.7 Å². The average molecular weight is 328 g/mol. The third kappa shape index (κ3) is 4.53. The van der Waals surface area contributed by atoms with Crippen molar-refractivity contribution in [2.24, 2.45) is 0 Å². The molecule has 0 aliphatic rings. The summed E-state index contributed by atoms with van der Waals surface area (Å²) in [6.07, 6.45) is 0. The summed E-state index contributed by atoms with van der Waals surface area (Å²) >= 11 is 5.36. The molecule has 2 N–H and O–H groups in total. The summed E-state index contributed by atoms with van der Waals surface area (Å²) in [6, 6.07) is 11.5. The lowest BCUT2D eigenvalue weighted by Crippen LogP contribution is -2.20. The molecule has 0 spiro atoms. The minimum absolute atomic E-state index is 0.374. The van der Waals surface area contributed by atoms with E-state index in [9.17, 15) is 4.79 Å². The van der Waals surface area contributed by atoms with Crippen LogP contribution in [0, 0.1) is 20.8 Å². The van der Waals surface area contributed by atoms with Crippen molar-refractivity contribution in [2.75, 3.05) is 17.7 Å². The number of nitrogens with one attached hydrogen (secondary N) is 2. The third-order valence-corrected chi connectivity index (χ3v) is 3.59. The van der Waals surface area contributed by atoms with Gasteiger partial charge in [0.05, 0.1) is 12.7 Å². The van der Waals surface area contributed by atoms with Gasteiger partial charge in [-0.2, -0.15) is 0 Å². The molecule has 0 aromatic heterocycles. The van der Waals surface area contributed by atoms with Crippen LogP contribution in [0.5, 0.6) is 0 Å². The SMILES string of the molecule is COC(=O)c1ccc(C)c(NC(=S)Nc2cc(C)cc(C)c2)c1. The Morgan fingerprint density at radius 2 is 1.65 bits per heavy atom. The van der Waals surface area contributed by atoms with Crippen LogP contribution in [0.1, 0.15) is 27.0 Å². The molecule has 0 atom stereocenters. The van der Waals surface area contributed by atoms with E-state index in [0.717, 1.165) is 16.9 Å². The summed E-state index contributed by atoms with van der Waals surface area (Å²) in [5.41, 5.74) is 5.51. The van der Waals surface area contributed by atoms with E-state index in [1.165, 1.54) is 18.2 Å². The smallest absolute Gasteiger partial charge is 0.337 e. The molecular formula is C18H20N2O2S. The second-order valence-electron chi connectivity index (χ2n) is 5.48. The number of anilines is 2. The Hall–Kier alpha value is -2.40. The van der Waals surface area contributed by atoms with Crippen molar-refractivity contribution in [3.05, 3.63) is 58.7 Å². The molecular weight excluding hydrogens is 308 g/mol. The van der Waals surface area contributed by atoms with Gasteiger partial charge in [0.15, 0.2) is 5.11 Å². The van der Waals surface area contributed by atoms with E-state index < -0.39 is 0 Å². The highest BCUT2D eigenvalue weighted by molar-refractivity contribution is 7.80. The topological polar surface area (TPSA) is 50.4 Å². The Balaban J connectivity index is 2.15. The molecule has 0 aliphatic carbocycles. The van der Waals surface area contributed by atoms with E-state index in [4.69, 9.17) is 17.0 Å². The zero-order valence-electron chi connectivity index (χ0n) is 13.7. The van der Waals surface area contributed by atoms with Gasteiger partial charge in [0, 0.05) is 11.4 Å². The summed E-state index contributed by atoms with van der Waals surface area (Å²) in [6.45, 7) is 6.03. The van der Waals surface area contributed by atoms with Crippen LogP contribution in [0.15, 0.2) is 36.4 Å². The lowest BCUT2D eigenvalue weighted by atomic mass is 10.1. The van der Waals surface area contributed by atoms with Crippen molar-refractivity contribution in [1.29, 1.82) is 0 Å². The van der Waals surface area contributed by atoms with Crippen LogP contribution >= 0.6 is 12.2 Å². The molecule has 5 heteroatoms. The Kier molecular flexibility index (Phi) is 5.34. The molecule has 2 aromatic rings. The Morgan fingerprint density at radius 3 is 2.26 bits per heavy atom. The number of methoxy groups -OCH3 is 1. The van der Waals surface area contributed by atoms with Gasteiger partial charge in [0.25, 0.3) is 0 Å². The van der Waals surface area contributed by atoms with Crippen LogP contribution < -0.4 is 10.6 Å². The van der Waals surface area contributed by atoms with Gasteiger partial charge in [-0.15, -0.1) is 0 Å². The summed E-state index contributed by atoms with van der Waals surface area (Å²) < 4.78 is 4.74. The molecule has 23 heavy (non-hydrogen) atoms. The number of carbonyl (C=O) groups is 1. The van der Waals surface area contributed by atoms with Crippen LogP contribution in [-0.2, 0) is 4.74 Å². The van der Waals surface area contributed by atoms with Crippen molar-refractivity contribution in [1.82, 2.24) is 0 Å². The first kappa shape index (κ1) is 17.0. The van der Waals surface area contributed by atoms with Gasteiger partial charge in [0.2, 0.25) is 0 Å². The zero-order chi connectivity index (χ0) is 17.0. The number of hydrogen-bond acceptors (Lipinski definition) is 3. The van der Waals surface area contributed by atoms with E-state index in [-0.39, 0.29) is 5.97 Å². The van der Waals surface area contributed by atoms with Gasteiger partial charge in [-0.25, -0.2) is 4.79 Å². The van der Waals surface area contributed by atoms with Gasteiger partial charge in [-0.1, -0.05) is 12.1 Å². The van der Waals surface area contributed by atoms with Crippen LogP contribution in [0.3, 0.4) is 0 Å². The predicted octanol–water partition coefficient (Wildman–Crippen LogP) is 4.21. The number of rotatable bonds is 3.